The molecule has 2 amide bonds. The molecule has 0 spiro atoms. The number of amides is 2. The second-order valence-electron chi connectivity index (χ2n) is 5.53. The van der Waals surface area contributed by atoms with E-state index in [-0.39, 0.29) is 34.4 Å². The normalized spacial score (nSPS) is 12.9. The molecule has 0 saturated heterocycles. The van der Waals surface area contributed by atoms with Gasteiger partial charge in [0.05, 0.1) is 21.2 Å². The summed E-state index contributed by atoms with van der Waals surface area (Å²) in [5, 5.41) is 0.276. The van der Waals surface area contributed by atoms with Crippen LogP contribution in [0.2, 0.25) is 10.0 Å². The fourth-order valence-corrected chi connectivity index (χ4v) is 2.78. The highest BCUT2D eigenvalue weighted by molar-refractivity contribution is 6.43. The van der Waals surface area contributed by atoms with Crippen molar-refractivity contribution in [1.82, 2.24) is 4.90 Å². The van der Waals surface area contributed by atoms with E-state index in [9.17, 15) is 18.8 Å². The van der Waals surface area contributed by atoms with E-state index in [1.54, 1.807) is 0 Å². The molecule has 0 fully saturated rings. The average Bonchev–Trinajstić information content (AvgIpc) is 2.85. The van der Waals surface area contributed by atoms with Crippen LogP contribution >= 0.6 is 23.2 Å². The predicted molar refractivity (Wildman–Crippen MR) is 94.7 cm³/mol. The van der Waals surface area contributed by atoms with Gasteiger partial charge in [0.25, 0.3) is 11.8 Å². The van der Waals surface area contributed by atoms with Crippen LogP contribution in [0.3, 0.4) is 0 Å². The second-order valence-corrected chi connectivity index (χ2v) is 6.35. The van der Waals surface area contributed by atoms with Gasteiger partial charge in [-0.3, -0.25) is 19.3 Å². The molecular formula is C18H12Cl2FNO5. The second kappa shape index (κ2) is 7.94. The van der Waals surface area contributed by atoms with Crippen LogP contribution in [-0.2, 0) is 9.53 Å². The van der Waals surface area contributed by atoms with Gasteiger partial charge in [0.1, 0.15) is 31.3 Å². The van der Waals surface area contributed by atoms with Crippen LogP contribution in [-0.4, -0.2) is 42.4 Å². The fraction of sp³-hybridized carbons (Fsp3) is 0.167. The monoisotopic (exact) mass is 411 g/mol. The zero-order valence-corrected chi connectivity index (χ0v) is 15.2. The maximum atomic E-state index is 12.8. The first kappa shape index (κ1) is 19.1. The molecule has 3 rings (SSSR count). The van der Waals surface area contributed by atoms with Crippen LogP contribution in [0, 0.1) is 5.82 Å². The van der Waals surface area contributed by atoms with Crippen LogP contribution in [0.4, 0.5) is 4.39 Å². The van der Waals surface area contributed by atoms with E-state index in [0.29, 0.717) is 5.75 Å². The summed E-state index contributed by atoms with van der Waals surface area (Å²) in [4.78, 5) is 37.2. The van der Waals surface area contributed by atoms with Gasteiger partial charge in [-0.05, 0) is 36.4 Å². The minimum absolute atomic E-state index is 0.0324. The molecule has 2 aromatic rings. The molecule has 0 aliphatic carbocycles. The molecule has 6 nitrogen and oxygen atoms in total. The van der Waals surface area contributed by atoms with Gasteiger partial charge in [0.15, 0.2) is 0 Å². The number of ether oxygens (including phenoxy) is 2. The summed E-state index contributed by atoms with van der Waals surface area (Å²) in [6.07, 6.45) is 0. The molecule has 1 heterocycles. The number of nitrogens with zero attached hydrogens (tertiary/aromatic N) is 1. The number of hydrogen-bond acceptors (Lipinski definition) is 5. The third-order valence-corrected chi connectivity index (χ3v) is 4.45. The zero-order valence-electron chi connectivity index (χ0n) is 13.7. The summed E-state index contributed by atoms with van der Waals surface area (Å²) in [5.74, 6) is -2.04. The Hall–Kier alpha value is -2.64. The molecule has 0 unspecified atom stereocenters. The van der Waals surface area contributed by atoms with Crippen molar-refractivity contribution in [2.24, 2.45) is 0 Å². The van der Waals surface area contributed by atoms with Crippen molar-refractivity contribution in [3.63, 3.8) is 0 Å². The van der Waals surface area contributed by atoms with Crippen LogP contribution in [0.5, 0.6) is 5.75 Å². The van der Waals surface area contributed by atoms with Crippen LogP contribution in [0.25, 0.3) is 0 Å². The van der Waals surface area contributed by atoms with Gasteiger partial charge in [-0.1, -0.05) is 23.2 Å². The highest BCUT2D eigenvalue weighted by Gasteiger charge is 2.37. The molecule has 0 bridgehead atoms. The van der Waals surface area contributed by atoms with Gasteiger partial charge in [0, 0.05) is 0 Å². The zero-order chi connectivity index (χ0) is 19.6. The van der Waals surface area contributed by atoms with E-state index in [4.69, 9.17) is 32.7 Å². The lowest BCUT2D eigenvalue weighted by Crippen LogP contribution is -2.36. The minimum atomic E-state index is -0.774. The lowest BCUT2D eigenvalue weighted by Gasteiger charge is -2.13. The molecule has 27 heavy (non-hydrogen) atoms. The Morgan fingerprint density at radius 2 is 1.52 bits per heavy atom. The molecule has 0 atom stereocenters. The summed E-state index contributed by atoms with van der Waals surface area (Å²) in [5.41, 5.74) is 0.170. The summed E-state index contributed by atoms with van der Waals surface area (Å²) in [6, 6.07) is 7.94. The quantitative estimate of drug-likeness (QED) is 0.414. The average molecular weight is 412 g/mol. The van der Waals surface area contributed by atoms with E-state index >= 15 is 0 Å². The maximum Gasteiger partial charge on any atom is 0.326 e. The van der Waals surface area contributed by atoms with Gasteiger partial charge in [-0.2, -0.15) is 0 Å². The number of esters is 1. The van der Waals surface area contributed by atoms with E-state index < -0.39 is 30.1 Å². The number of hydrogen-bond donors (Lipinski definition) is 0. The lowest BCUT2D eigenvalue weighted by molar-refractivity contribution is -0.144. The van der Waals surface area contributed by atoms with Crippen molar-refractivity contribution in [1.29, 1.82) is 0 Å². The number of halogens is 3. The fourth-order valence-electron chi connectivity index (χ4n) is 2.45. The van der Waals surface area contributed by atoms with E-state index in [0.717, 1.165) is 4.90 Å². The Labute approximate surface area is 163 Å². The number of rotatable bonds is 6. The summed E-state index contributed by atoms with van der Waals surface area (Å²) >= 11 is 11.7. The number of benzene rings is 2. The van der Waals surface area contributed by atoms with Crippen molar-refractivity contribution in [2.75, 3.05) is 19.8 Å². The molecule has 0 saturated carbocycles. The van der Waals surface area contributed by atoms with Gasteiger partial charge >= 0.3 is 5.97 Å². The third-order valence-electron chi connectivity index (χ3n) is 3.73. The summed E-state index contributed by atoms with van der Waals surface area (Å²) in [6.45, 7) is -0.611. The topological polar surface area (TPSA) is 72.9 Å². The molecule has 0 N–H and O–H groups in total. The smallest absolute Gasteiger partial charge is 0.326 e. The molecule has 9 heteroatoms. The molecule has 1 aliphatic rings. The highest BCUT2D eigenvalue weighted by atomic mass is 35.5. The Bertz CT molecular complexity index is 876. The number of carbonyl (C=O) groups excluding carboxylic acids is 3. The van der Waals surface area contributed by atoms with Crippen molar-refractivity contribution in [3.05, 3.63) is 63.4 Å². The van der Waals surface area contributed by atoms with Crippen LogP contribution < -0.4 is 4.74 Å². The van der Waals surface area contributed by atoms with Crippen LogP contribution in [0.1, 0.15) is 20.7 Å². The van der Waals surface area contributed by atoms with Gasteiger partial charge in [-0.25, -0.2) is 4.39 Å². The van der Waals surface area contributed by atoms with E-state index in [1.807, 2.05) is 0 Å². The number of carbonyl (C=O) groups is 3. The molecule has 1 aliphatic heterocycles. The Balaban J connectivity index is 1.51. The van der Waals surface area contributed by atoms with Gasteiger partial charge in [-0.15, -0.1) is 0 Å². The maximum absolute atomic E-state index is 12.8. The first-order valence-corrected chi connectivity index (χ1v) is 8.51. The standard InChI is InChI=1S/C18H12Cl2FNO5/c19-14-7-12-13(8-15(14)20)18(25)22(17(12)24)9-16(23)27-6-5-26-11-3-1-10(21)2-4-11/h1-4,7-8H,5-6,9H2. The molecule has 2 aromatic carbocycles. The Kier molecular flexibility index (Phi) is 5.62. The van der Waals surface area contributed by atoms with Crippen molar-refractivity contribution >= 4 is 41.0 Å². The van der Waals surface area contributed by atoms with Crippen molar-refractivity contribution < 1.29 is 28.2 Å². The molecule has 140 valence electrons. The Morgan fingerprint density at radius 1 is 0.963 bits per heavy atom. The first-order chi connectivity index (χ1) is 12.9. The number of imide groups is 1. The van der Waals surface area contributed by atoms with Crippen LogP contribution in [0.15, 0.2) is 36.4 Å². The largest absolute Gasteiger partial charge is 0.490 e. The third kappa shape index (κ3) is 4.20. The van der Waals surface area contributed by atoms with Gasteiger partial charge in [0.2, 0.25) is 0 Å². The number of fused-ring (bicyclic) bond motifs is 1. The van der Waals surface area contributed by atoms with Crippen molar-refractivity contribution in [2.45, 2.75) is 0 Å². The summed E-state index contributed by atoms with van der Waals surface area (Å²) < 4.78 is 23.0. The minimum Gasteiger partial charge on any atom is -0.490 e. The molecule has 0 aromatic heterocycles. The van der Waals surface area contributed by atoms with E-state index in [1.165, 1.54) is 36.4 Å². The molecule has 0 radical (unpaired) electrons. The Morgan fingerprint density at radius 3 is 2.07 bits per heavy atom. The first-order valence-electron chi connectivity index (χ1n) is 7.76. The highest BCUT2D eigenvalue weighted by Crippen LogP contribution is 2.31. The molecular weight excluding hydrogens is 400 g/mol. The lowest BCUT2D eigenvalue weighted by atomic mass is 10.1. The van der Waals surface area contributed by atoms with Crippen molar-refractivity contribution in [3.8, 4) is 5.75 Å². The van der Waals surface area contributed by atoms with Gasteiger partial charge < -0.3 is 9.47 Å². The van der Waals surface area contributed by atoms with E-state index in [2.05, 4.69) is 0 Å². The predicted octanol–water partition coefficient (Wildman–Crippen LogP) is 3.35. The summed E-state index contributed by atoms with van der Waals surface area (Å²) in [7, 11) is 0. The SMILES string of the molecule is O=C(CN1C(=O)c2cc(Cl)c(Cl)cc2C1=O)OCCOc1ccc(F)cc1.